The lowest BCUT2D eigenvalue weighted by Gasteiger charge is -2.14. The first-order chi connectivity index (χ1) is 15.9. The Morgan fingerprint density at radius 2 is 1.94 bits per heavy atom. The summed E-state index contributed by atoms with van der Waals surface area (Å²) in [6.07, 6.45) is 1.44. The zero-order valence-corrected chi connectivity index (χ0v) is 17.9. The quantitative estimate of drug-likeness (QED) is 0.437. The minimum atomic E-state index is -0.645. The van der Waals surface area contributed by atoms with Gasteiger partial charge >= 0.3 is 0 Å². The van der Waals surface area contributed by atoms with Crippen LogP contribution in [0.3, 0.4) is 0 Å². The van der Waals surface area contributed by atoms with E-state index >= 15 is 0 Å². The van der Waals surface area contributed by atoms with Gasteiger partial charge in [-0.2, -0.15) is 5.10 Å². The number of rotatable bonds is 5. The van der Waals surface area contributed by atoms with Crippen LogP contribution in [0.25, 0.3) is 16.7 Å². The molecule has 0 aliphatic carbocycles. The molecule has 1 atom stereocenters. The van der Waals surface area contributed by atoms with Crippen LogP contribution in [0.4, 0.5) is 10.1 Å². The van der Waals surface area contributed by atoms with Gasteiger partial charge in [0.05, 0.1) is 29.2 Å². The standard InChI is InChI=1S/C22H17FN6O3S/c23-12-5-7-13(8-6-12)29-20-16(10-25-29)21(32)28-14(11-33-22(28)27-20)9-18(30)26-17-4-2-1-3-15(17)19(24)31/h1-8,10,14H,9,11H2,(H2,24,31)(H,26,30). The van der Waals surface area contributed by atoms with Gasteiger partial charge in [-0.15, -0.1) is 0 Å². The van der Waals surface area contributed by atoms with Crippen LogP contribution in [-0.2, 0) is 4.79 Å². The fourth-order valence-corrected chi connectivity index (χ4v) is 4.90. The van der Waals surface area contributed by atoms with Crippen molar-refractivity contribution in [3.05, 3.63) is 76.5 Å². The molecule has 0 saturated carbocycles. The molecule has 11 heteroatoms. The van der Waals surface area contributed by atoms with Crippen LogP contribution in [0, 0.1) is 5.82 Å². The molecule has 2 aromatic heterocycles. The molecule has 0 fully saturated rings. The number of carbonyl (C=O) groups excluding carboxylic acids is 2. The molecule has 5 rings (SSSR count). The summed E-state index contributed by atoms with van der Waals surface area (Å²) in [5.74, 6) is -0.881. The number of aromatic nitrogens is 4. The number of fused-ring (bicyclic) bond motifs is 2. The number of carbonyl (C=O) groups is 2. The van der Waals surface area contributed by atoms with Crippen LogP contribution in [0.2, 0.25) is 0 Å². The molecular formula is C22H17FN6O3S. The third kappa shape index (κ3) is 3.76. The molecule has 1 aliphatic heterocycles. The number of halogens is 1. The van der Waals surface area contributed by atoms with Gasteiger partial charge in [0.2, 0.25) is 5.91 Å². The highest BCUT2D eigenvalue weighted by Crippen LogP contribution is 2.33. The van der Waals surface area contributed by atoms with Crippen LogP contribution in [0.15, 0.2) is 64.7 Å². The fourth-order valence-electron chi connectivity index (χ4n) is 3.77. The molecule has 3 heterocycles. The van der Waals surface area contributed by atoms with Crippen molar-refractivity contribution in [1.82, 2.24) is 19.3 Å². The highest BCUT2D eigenvalue weighted by molar-refractivity contribution is 7.99. The minimum Gasteiger partial charge on any atom is -0.366 e. The molecule has 0 saturated heterocycles. The number of nitrogens with one attached hydrogen (secondary N) is 1. The van der Waals surface area contributed by atoms with E-state index in [4.69, 9.17) is 5.73 Å². The average Bonchev–Trinajstić information content (AvgIpc) is 3.39. The van der Waals surface area contributed by atoms with Crippen LogP contribution in [0.1, 0.15) is 22.8 Å². The molecule has 0 spiro atoms. The van der Waals surface area contributed by atoms with Crippen molar-refractivity contribution in [2.24, 2.45) is 5.73 Å². The van der Waals surface area contributed by atoms with Crippen LogP contribution in [-0.4, -0.2) is 36.9 Å². The number of primary amides is 1. The van der Waals surface area contributed by atoms with E-state index < -0.39 is 11.9 Å². The van der Waals surface area contributed by atoms with Crippen LogP contribution in [0.5, 0.6) is 0 Å². The first-order valence-electron chi connectivity index (χ1n) is 10.00. The molecule has 4 aromatic rings. The van der Waals surface area contributed by atoms with Gasteiger partial charge < -0.3 is 11.1 Å². The van der Waals surface area contributed by atoms with Crippen LogP contribution < -0.4 is 16.6 Å². The van der Waals surface area contributed by atoms with E-state index in [2.05, 4.69) is 15.4 Å². The van der Waals surface area contributed by atoms with Crippen molar-refractivity contribution in [1.29, 1.82) is 0 Å². The summed E-state index contributed by atoms with van der Waals surface area (Å²) >= 11 is 1.37. The van der Waals surface area contributed by atoms with Crippen molar-refractivity contribution in [2.45, 2.75) is 17.6 Å². The Morgan fingerprint density at radius 3 is 2.70 bits per heavy atom. The van der Waals surface area contributed by atoms with Gasteiger partial charge in [0.25, 0.3) is 11.5 Å². The summed E-state index contributed by atoms with van der Waals surface area (Å²) in [7, 11) is 0. The molecule has 9 nitrogen and oxygen atoms in total. The minimum absolute atomic E-state index is 0.0201. The number of thioether (sulfide) groups is 1. The first kappa shape index (κ1) is 20.9. The zero-order chi connectivity index (χ0) is 23.1. The third-order valence-electron chi connectivity index (χ3n) is 5.33. The van der Waals surface area contributed by atoms with E-state index in [0.717, 1.165) is 0 Å². The number of para-hydroxylation sites is 1. The fraction of sp³-hybridized carbons (Fsp3) is 0.136. The van der Waals surface area contributed by atoms with Gasteiger partial charge in [-0.1, -0.05) is 23.9 Å². The van der Waals surface area contributed by atoms with Crippen molar-refractivity contribution < 1.29 is 14.0 Å². The number of benzene rings is 2. The van der Waals surface area contributed by atoms with E-state index in [1.165, 1.54) is 45.4 Å². The van der Waals surface area contributed by atoms with Gasteiger partial charge in [-0.05, 0) is 36.4 Å². The summed E-state index contributed by atoms with van der Waals surface area (Å²) in [5, 5.41) is 7.73. The Balaban J connectivity index is 1.44. The van der Waals surface area contributed by atoms with Crippen molar-refractivity contribution >= 4 is 40.3 Å². The number of hydrogen-bond donors (Lipinski definition) is 2. The Hall–Kier alpha value is -3.99. The third-order valence-corrected chi connectivity index (χ3v) is 6.43. The lowest BCUT2D eigenvalue weighted by molar-refractivity contribution is -0.116. The van der Waals surface area contributed by atoms with Gasteiger partial charge in [0.1, 0.15) is 11.2 Å². The average molecular weight is 464 g/mol. The predicted molar refractivity (Wildman–Crippen MR) is 121 cm³/mol. The predicted octanol–water partition coefficient (Wildman–Crippen LogP) is 2.50. The molecule has 2 amide bonds. The lowest BCUT2D eigenvalue weighted by Crippen LogP contribution is -2.28. The summed E-state index contributed by atoms with van der Waals surface area (Å²) in [5.41, 5.74) is 6.54. The number of hydrogen-bond acceptors (Lipinski definition) is 6. The zero-order valence-electron chi connectivity index (χ0n) is 17.1. The summed E-state index contributed by atoms with van der Waals surface area (Å²) in [6.45, 7) is 0. The second-order valence-corrected chi connectivity index (χ2v) is 8.45. The van der Waals surface area contributed by atoms with Crippen LogP contribution >= 0.6 is 11.8 Å². The summed E-state index contributed by atoms with van der Waals surface area (Å²) < 4.78 is 16.3. The summed E-state index contributed by atoms with van der Waals surface area (Å²) in [4.78, 5) is 42.1. The maximum absolute atomic E-state index is 13.3. The second-order valence-electron chi connectivity index (χ2n) is 7.47. The molecule has 2 aromatic carbocycles. The van der Waals surface area contributed by atoms with Gasteiger partial charge in [0.15, 0.2) is 10.8 Å². The topological polar surface area (TPSA) is 125 Å². The van der Waals surface area contributed by atoms with Gasteiger partial charge in [-0.3, -0.25) is 19.0 Å². The van der Waals surface area contributed by atoms with Gasteiger partial charge in [0, 0.05) is 12.2 Å². The second kappa shape index (κ2) is 8.17. The van der Waals surface area contributed by atoms with E-state index in [0.29, 0.717) is 33.3 Å². The van der Waals surface area contributed by atoms with Crippen molar-refractivity contribution in [3.63, 3.8) is 0 Å². The van der Waals surface area contributed by atoms with E-state index in [1.807, 2.05) is 0 Å². The molecule has 3 N–H and O–H groups in total. The van der Waals surface area contributed by atoms with E-state index in [-0.39, 0.29) is 29.3 Å². The Morgan fingerprint density at radius 1 is 1.18 bits per heavy atom. The van der Waals surface area contributed by atoms with Gasteiger partial charge in [-0.25, -0.2) is 14.1 Å². The number of anilines is 1. The molecule has 1 aliphatic rings. The number of amides is 2. The molecule has 0 bridgehead atoms. The molecule has 1 unspecified atom stereocenters. The van der Waals surface area contributed by atoms with E-state index in [1.54, 1.807) is 30.3 Å². The molecule has 166 valence electrons. The largest absolute Gasteiger partial charge is 0.366 e. The summed E-state index contributed by atoms with van der Waals surface area (Å²) in [6, 6.07) is 11.8. The first-order valence-corrected chi connectivity index (χ1v) is 11.0. The molecular weight excluding hydrogens is 447 g/mol. The maximum atomic E-state index is 13.3. The Labute approximate surface area is 190 Å². The normalized spacial score (nSPS) is 14.9. The van der Waals surface area contributed by atoms with E-state index in [9.17, 15) is 18.8 Å². The highest BCUT2D eigenvalue weighted by Gasteiger charge is 2.30. The maximum Gasteiger partial charge on any atom is 0.265 e. The smallest absolute Gasteiger partial charge is 0.265 e. The lowest BCUT2D eigenvalue weighted by atomic mass is 10.1. The number of nitrogens with two attached hydrogens (primary N) is 1. The van der Waals surface area contributed by atoms with Crippen molar-refractivity contribution in [3.8, 4) is 5.69 Å². The monoisotopic (exact) mass is 464 g/mol. The SMILES string of the molecule is NC(=O)c1ccccc1NC(=O)CC1CSc2nc3c(cnn3-c3ccc(F)cc3)c(=O)n21. The Kier molecular flexibility index (Phi) is 5.17. The molecule has 33 heavy (non-hydrogen) atoms. The number of nitrogens with zero attached hydrogens (tertiary/aromatic N) is 4. The Bertz CT molecular complexity index is 1460. The van der Waals surface area contributed by atoms with Crippen molar-refractivity contribution in [2.75, 3.05) is 11.1 Å². The highest BCUT2D eigenvalue weighted by atomic mass is 32.2. The molecule has 0 radical (unpaired) electrons.